The van der Waals surface area contributed by atoms with Crippen molar-refractivity contribution in [3.8, 4) is 11.1 Å². The summed E-state index contributed by atoms with van der Waals surface area (Å²) in [7, 11) is 2.42. The van der Waals surface area contributed by atoms with E-state index in [2.05, 4.69) is 54.3 Å². The quantitative estimate of drug-likeness (QED) is 0.496. The molecule has 0 spiro atoms. The molecule has 0 amide bonds. The van der Waals surface area contributed by atoms with Crippen LogP contribution in [0.5, 0.6) is 0 Å². The van der Waals surface area contributed by atoms with E-state index in [1.165, 1.54) is 24.8 Å². The van der Waals surface area contributed by atoms with E-state index < -0.39 is 0 Å². The molecule has 2 aromatic carbocycles. The van der Waals surface area contributed by atoms with Gasteiger partial charge in [-0.3, -0.25) is 0 Å². The van der Waals surface area contributed by atoms with Gasteiger partial charge >= 0.3 is 0 Å². The number of rotatable bonds is 6. The minimum Gasteiger partial charge on any atom is -0.206 e. The molecule has 0 aliphatic carbocycles. The van der Waals surface area contributed by atoms with Gasteiger partial charge in [0.1, 0.15) is 5.82 Å². The molecule has 0 heterocycles. The molecule has 0 aromatic heterocycles. The Morgan fingerprint density at radius 1 is 0.917 bits per heavy atom. The van der Waals surface area contributed by atoms with Gasteiger partial charge in [0.25, 0.3) is 0 Å². The number of halogens is 1. The Hall–Kier alpha value is -1.20. The monoisotopic (exact) mass is 346 g/mol. The highest BCUT2D eigenvalue weighted by Crippen LogP contribution is 2.29. The Balaban J connectivity index is 0.00000139. The lowest BCUT2D eigenvalue weighted by atomic mass is 9.88. The Kier molecular flexibility index (Phi) is 9.22. The molecule has 2 unspecified atom stereocenters. The molecule has 2 atom stereocenters. The summed E-state index contributed by atoms with van der Waals surface area (Å²) < 4.78 is 13.7. The van der Waals surface area contributed by atoms with Gasteiger partial charge in [0, 0.05) is 5.30 Å². The summed E-state index contributed by atoms with van der Waals surface area (Å²) in [4.78, 5) is 0. The maximum atomic E-state index is 13.7. The minimum atomic E-state index is -0.171. The molecule has 0 fully saturated rings. The molecule has 0 saturated heterocycles. The lowest BCUT2D eigenvalue weighted by Crippen LogP contribution is -2.00. The fourth-order valence-electron chi connectivity index (χ4n) is 2.80. The average Bonchev–Trinajstić information content (AvgIpc) is 2.60. The van der Waals surface area contributed by atoms with Gasteiger partial charge in [-0.2, -0.15) is 0 Å². The lowest BCUT2D eigenvalue weighted by molar-refractivity contribution is 0.492. The first-order valence-corrected chi connectivity index (χ1v) is 9.74. The second kappa shape index (κ2) is 10.6. The van der Waals surface area contributed by atoms with Crippen LogP contribution in [0.4, 0.5) is 4.39 Å². The Morgan fingerprint density at radius 2 is 1.50 bits per heavy atom. The van der Waals surface area contributed by atoms with Crippen molar-refractivity contribution in [3.63, 3.8) is 0 Å². The third-order valence-corrected chi connectivity index (χ3v) is 4.77. The van der Waals surface area contributed by atoms with Crippen LogP contribution in [0.15, 0.2) is 42.5 Å². The second-order valence-corrected chi connectivity index (χ2v) is 7.06. The first-order chi connectivity index (χ1) is 11.5. The van der Waals surface area contributed by atoms with Gasteiger partial charge < -0.3 is 0 Å². The summed E-state index contributed by atoms with van der Waals surface area (Å²) in [6.45, 7) is 10.8. The van der Waals surface area contributed by atoms with Crippen molar-refractivity contribution in [3.05, 3.63) is 53.8 Å². The molecular formula is C22H32FP. The van der Waals surface area contributed by atoms with Gasteiger partial charge in [0.15, 0.2) is 0 Å². The molecule has 2 heteroatoms. The van der Waals surface area contributed by atoms with Crippen LogP contribution < -0.4 is 5.30 Å². The molecule has 2 aromatic rings. The Morgan fingerprint density at radius 3 is 2.00 bits per heavy atom. The molecule has 24 heavy (non-hydrogen) atoms. The molecule has 0 radical (unpaired) electrons. The first kappa shape index (κ1) is 20.8. The van der Waals surface area contributed by atoms with Crippen LogP contribution in [-0.4, -0.2) is 0 Å². The van der Waals surface area contributed by atoms with Crippen molar-refractivity contribution in [2.75, 3.05) is 0 Å². The third-order valence-electron chi connectivity index (χ3n) is 4.30. The second-order valence-electron chi connectivity index (χ2n) is 6.43. The van der Waals surface area contributed by atoms with E-state index in [1.54, 1.807) is 12.1 Å². The highest BCUT2D eigenvalue weighted by Gasteiger charge is 2.11. The summed E-state index contributed by atoms with van der Waals surface area (Å²) in [5.74, 6) is 1.21. The van der Waals surface area contributed by atoms with Gasteiger partial charge in [-0.05, 0) is 47.4 Å². The van der Waals surface area contributed by atoms with Crippen LogP contribution in [0.25, 0.3) is 11.1 Å². The highest BCUT2D eigenvalue weighted by molar-refractivity contribution is 7.27. The van der Waals surface area contributed by atoms with Crippen LogP contribution in [0.2, 0.25) is 0 Å². The zero-order valence-corrected chi connectivity index (χ0v) is 16.9. The van der Waals surface area contributed by atoms with Crippen LogP contribution in [0.3, 0.4) is 0 Å². The molecule has 0 aliphatic rings. The van der Waals surface area contributed by atoms with Gasteiger partial charge in [0.2, 0.25) is 0 Å². The van der Waals surface area contributed by atoms with Gasteiger partial charge in [-0.15, -0.1) is 9.24 Å². The summed E-state index contributed by atoms with van der Waals surface area (Å²) in [6.07, 6.45) is 3.67. The van der Waals surface area contributed by atoms with Crippen molar-refractivity contribution in [2.24, 2.45) is 5.92 Å². The van der Waals surface area contributed by atoms with Crippen molar-refractivity contribution in [2.45, 2.75) is 59.8 Å². The van der Waals surface area contributed by atoms with E-state index >= 15 is 0 Å². The third kappa shape index (κ3) is 6.02. The summed E-state index contributed by atoms with van der Waals surface area (Å²) in [5, 5.41) is 0.611. The largest absolute Gasteiger partial charge is 0.206 e. The zero-order chi connectivity index (χ0) is 18.1. The van der Waals surface area contributed by atoms with Crippen LogP contribution in [-0.2, 0) is 0 Å². The SMILES string of the molecule is CC.CCC(CCC(C)C)c1ccc(-c2ccc(P)c(F)c2)cc1. The van der Waals surface area contributed by atoms with Crippen molar-refractivity contribution in [1.82, 2.24) is 0 Å². The van der Waals surface area contributed by atoms with Crippen LogP contribution in [0, 0.1) is 11.7 Å². The maximum absolute atomic E-state index is 13.7. The van der Waals surface area contributed by atoms with Gasteiger partial charge in [-0.25, -0.2) is 4.39 Å². The maximum Gasteiger partial charge on any atom is 0.130 e. The number of hydrogen-bond acceptors (Lipinski definition) is 0. The zero-order valence-electron chi connectivity index (χ0n) is 15.8. The van der Waals surface area contributed by atoms with E-state index in [4.69, 9.17) is 0 Å². The standard InChI is InChI=1S/C20H26FP.C2H6/c1-4-15(6-5-14(2)3)16-7-9-17(10-8-16)18-11-12-20(22)19(21)13-18;1-2/h7-15H,4-6,22H2,1-3H3;1-2H3. The van der Waals surface area contributed by atoms with E-state index in [0.29, 0.717) is 11.2 Å². The van der Waals surface area contributed by atoms with Gasteiger partial charge in [0.05, 0.1) is 0 Å². The molecule has 0 nitrogen and oxygen atoms in total. The predicted octanol–water partition coefficient (Wildman–Crippen LogP) is 6.95. The first-order valence-electron chi connectivity index (χ1n) is 9.16. The smallest absolute Gasteiger partial charge is 0.130 e. The van der Waals surface area contributed by atoms with Crippen LogP contribution in [0.1, 0.15) is 65.4 Å². The fourth-order valence-corrected chi connectivity index (χ4v) is 2.98. The van der Waals surface area contributed by atoms with E-state index in [-0.39, 0.29) is 5.82 Å². The molecule has 0 saturated carbocycles. The summed E-state index contributed by atoms with van der Waals surface area (Å²) in [6, 6.07) is 14.0. The minimum absolute atomic E-state index is 0.171. The normalized spacial score (nSPS) is 11.8. The van der Waals surface area contributed by atoms with E-state index in [0.717, 1.165) is 17.0 Å². The summed E-state index contributed by atoms with van der Waals surface area (Å²) >= 11 is 0. The molecule has 2 rings (SSSR count). The molecule has 0 aliphatic heterocycles. The average molecular weight is 346 g/mol. The molecule has 0 N–H and O–H groups in total. The van der Waals surface area contributed by atoms with Crippen molar-refractivity contribution >= 4 is 14.5 Å². The number of hydrogen-bond donors (Lipinski definition) is 0. The molecule has 132 valence electrons. The van der Waals surface area contributed by atoms with Crippen LogP contribution >= 0.6 is 9.24 Å². The van der Waals surface area contributed by atoms with E-state index in [9.17, 15) is 4.39 Å². The Labute approximate surface area is 150 Å². The van der Waals surface area contributed by atoms with Gasteiger partial charge in [-0.1, -0.05) is 77.4 Å². The lowest BCUT2D eigenvalue weighted by Gasteiger charge is -2.17. The topological polar surface area (TPSA) is 0 Å². The van der Waals surface area contributed by atoms with Crippen molar-refractivity contribution in [1.29, 1.82) is 0 Å². The van der Waals surface area contributed by atoms with Crippen molar-refractivity contribution < 1.29 is 4.39 Å². The summed E-state index contributed by atoms with van der Waals surface area (Å²) in [5.41, 5.74) is 3.41. The van der Waals surface area contributed by atoms with E-state index in [1.807, 2.05) is 19.9 Å². The Bertz CT molecular complexity index is 602. The fraction of sp³-hybridized carbons (Fsp3) is 0.455. The molecule has 0 bridgehead atoms. The highest BCUT2D eigenvalue weighted by atomic mass is 31.0. The predicted molar refractivity (Wildman–Crippen MR) is 110 cm³/mol. The molecular weight excluding hydrogens is 314 g/mol. The number of benzene rings is 2.